The lowest BCUT2D eigenvalue weighted by atomic mass is 10.2. The molecule has 2 amide bonds. The number of hydrogen-bond acceptors (Lipinski definition) is 4. The smallest absolute Gasteiger partial charge is 0.255 e. The van der Waals surface area contributed by atoms with Gasteiger partial charge in [0.2, 0.25) is 5.91 Å². The molecule has 0 aliphatic heterocycles. The van der Waals surface area contributed by atoms with Crippen molar-refractivity contribution in [3.63, 3.8) is 0 Å². The van der Waals surface area contributed by atoms with E-state index in [-0.39, 0.29) is 18.4 Å². The fourth-order valence-corrected chi connectivity index (χ4v) is 1.88. The van der Waals surface area contributed by atoms with Crippen molar-refractivity contribution in [3.05, 3.63) is 29.8 Å². The first-order chi connectivity index (χ1) is 10.7. The fraction of sp³-hybridized carbons (Fsp3) is 0.500. The molecule has 0 spiro atoms. The zero-order valence-corrected chi connectivity index (χ0v) is 12.9. The van der Waals surface area contributed by atoms with Gasteiger partial charge in [0, 0.05) is 26.1 Å². The van der Waals surface area contributed by atoms with Gasteiger partial charge >= 0.3 is 0 Å². The molecule has 6 heteroatoms. The van der Waals surface area contributed by atoms with Crippen molar-refractivity contribution in [2.75, 3.05) is 26.3 Å². The van der Waals surface area contributed by atoms with Crippen molar-refractivity contribution < 1.29 is 19.4 Å². The molecule has 3 N–H and O–H groups in total. The summed E-state index contributed by atoms with van der Waals surface area (Å²) in [5.74, 6) is 0.284. The van der Waals surface area contributed by atoms with Gasteiger partial charge in [0.05, 0.1) is 12.2 Å². The maximum Gasteiger partial charge on any atom is 0.255 e. The monoisotopic (exact) mass is 308 g/mol. The minimum atomic E-state index is -0.204. The lowest BCUT2D eigenvalue weighted by Crippen LogP contribution is -2.28. The van der Waals surface area contributed by atoms with E-state index < -0.39 is 0 Å². The van der Waals surface area contributed by atoms with Gasteiger partial charge in [-0.1, -0.05) is 12.1 Å². The second-order valence-corrected chi connectivity index (χ2v) is 4.72. The zero-order chi connectivity index (χ0) is 16.2. The highest BCUT2D eigenvalue weighted by Gasteiger charge is 2.11. The molecule has 0 aromatic heterocycles. The van der Waals surface area contributed by atoms with E-state index >= 15 is 0 Å². The van der Waals surface area contributed by atoms with E-state index in [4.69, 9.17) is 9.84 Å². The summed E-state index contributed by atoms with van der Waals surface area (Å²) in [6.45, 7) is 3.33. The van der Waals surface area contributed by atoms with Crippen LogP contribution >= 0.6 is 0 Å². The number of aliphatic hydroxyl groups excluding tert-OH is 1. The van der Waals surface area contributed by atoms with Gasteiger partial charge in [0.15, 0.2) is 0 Å². The van der Waals surface area contributed by atoms with Gasteiger partial charge in [0.25, 0.3) is 5.91 Å². The van der Waals surface area contributed by atoms with Crippen LogP contribution in [0.5, 0.6) is 5.75 Å². The van der Waals surface area contributed by atoms with Gasteiger partial charge in [-0.05, 0) is 31.9 Å². The summed E-state index contributed by atoms with van der Waals surface area (Å²) in [6, 6.07) is 7.07. The third-order valence-electron chi connectivity index (χ3n) is 2.95. The molecular weight excluding hydrogens is 284 g/mol. The third kappa shape index (κ3) is 6.58. The second-order valence-electron chi connectivity index (χ2n) is 4.72. The summed E-state index contributed by atoms with van der Waals surface area (Å²) in [6.07, 6.45) is 1.46. The second kappa shape index (κ2) is 10.6. The molecule has 0 aliphatic carbocycles. The Labute approximate surface area is 130 Å². The first kappa shape index (κ1) is 18.0. The normalized spacial score (nSPS) is 10.1. The van der Waals surface area contributed by atoms with Crippen LogP contribution in [0.25, 0.3) is 0 Å². The summed E-state index contributed by atoms with van der Waals surface area (Å²) >= 11 is 0. The van der Waals surface area contributed by atoms with Crippen LogP contribution in [0, 0.1) is 0 Å². The van der Waals surface area contributed by atoms with Crippen LogP contribution in [0.15, 0.2) is 24.3 Å². The van der Waals surface area contributed by atoms with Gasteiger partial charge in [0.1, 0.15) is 5.75 Å². The Balaban J connectivity index is 2.30. The average Bonchev–Trinajstić information content (AvgIpc) is 2.52. The molecule has 0 atom stereocenters. The number of hydrogen-bond donors (Lipinski definition) is 3. The molecule has 0 saturated carbocycles. The van der Waals surface area contributed by atoms with E-state index in [9.17, 15) is 9.59 Å². The first-order valence-corrected chi connectivity index (χ1v) is 7.56. The van der Waals surface area contributed by atoms with Gasteiger partial charge in [-0.15, -0.1) is 0 Å². The van der Waals surface area contributed by atoms with Crippen molar-refractivity contribution in [2.24, 2.45) is 0 Å². The standard InChI is InChI=1S/C16H24N2O4/c1-2-22-14-8-4-3-7-13(14)16(21)18-10-5-9-15(20)17-11-6-12-19/h3-4,7-8,19H,2,5-6,9-12H2,1H3,(H,17,20)(H,18,21). The Morgan fingerprint density at radius 2 is 1.86 bits per heavy atom. The lowest BCUT2D eigenvalue weighted by molar-refractivity contribution is -0.121. The molecule has 0 radical (unpaired) electrons. The number of para-hydroxylation sites is 1. The van der Waals surface area contributed by atoms with Crippen LogP contribution < -0.4 is 15.4 Å². The highest BCUT2D eigenvalue weighted by atomic mass is 16.5. The van der Waals surface area contributed by atoms with Crippen molar-refractivity contribution >= 4 is 11.8 Å². The zero-order valence-electron chi connectivity index (χ0n) is 12.9. The van der Waals surface area contributed by atoms with Crippen molar-refractivity contribution in [3.8, 4) is 5.75 Å². The van der Waals surface area contributed by atoms with Crippen LogP contribution in [0.3, 0.4) is 0 Å². The Morgan fingerprint density at radius 1 is 1.14 bits per heavy atom. The Kier molecular flexibility index (Phi) is 8.67. The predicted octanol–water partition coefficient (Wildman–Crippen LogP) is 1.09. The Hall–Kier alpha value is -2.08. The summed E-state index contributed by atoms with van der Waals surface area (Å²) in [5, 5.41) is 14.1. The van der Waals surface area contributed by atoms with E-state index in [1.54, 1.807) is 18.2 Å². The van der Waals surface area contributed by atoms with Crippen molar-refractivity contribution in [2.45, 2.75) is 26.2 Å². The third-order valence-corrected chi connectivity index (χ3v) is 2.95. The van der Waals surface area contributed by atoms with Crippen LogP contribution in [0.1, 0.15) is 36.5 Å². The molecule has 0 heterocycles. The van der Waals surface area contributed by atoms with Crippen LogP contribution in [-0.4, -0.2) is 43.2 Å². The van der Waals surface area contributed by atoms with Crippen LogP contribution in [0.2, 0.25) is 0 Å². The fourth-order valence-electron chi connectivity index (χ4n) is 1.88. The molecule has 22 heavy (non-hydrogen) atoms. The molecule has 0 fully saturated rings. The number of carbonyl (C=O) groups excluding carboxylic acids is 2. The van der Waals surface area contributed by atoms with Gasteiger partial charge in [-0.3, -0.25) is 9.59 Å². The van der Waals surface area contributed by atoms with Gasteiger partial charge in [-0.2, -0.15) is 0 Å². The molecule has 1 aromatic rings. The van der Waals surface area contributed by atoms with Crippen molar-refractivity contribution in [1.29, 1.82) is 0 Å². The number of ether oxygens (including phenoxy) is 1. The number of carbonyl (C=O) groups is 2. The van der Waals surface area contributed by atoms with E-state index in [0.29, 0.717) is 50.3 Å². The van der Waals surface area contributed by atoms with E-state index in [1.165, 1.54) is 0 Å². The molecule has 0 bridgehead atoms. The van der Waals surface area contributed by atoms with Crippen LogP contribution in [0.4, 0.5) is 0 Å². The molecule has 6 nitrogen and oxygen atoms in total. The number of amides is 2. The number of nitrogens with one attached hydrogen (secondary N) is 2. The minimum absolute atomic E-state index is 0.0651. The molecule has 122 valence electrons. The predicted molar refractivity (Wildman–Crippen MR) is 83.9 cm³/mol. The maximum absolute atomic E-state index is 12.1. The molecule has 0 saturated heterocycles. The number of aliphatic hydroxyl groups is 1. The summed E-state index contributed by atoms with van der Waals surface area (Å²) in [5.41, 5.74) is 0.497. The highest BCUT2D eigenvalue weighted by molar-refractivity contribution is 5.96. The highest BCUT2D eigenvalue weighted by Crippen LogP contribution is 2.17. The quantitative estimate of drug-likeness (QED) is 0.565. The summed E-state index contributed by atoms with van der Waals surface area (Å²) < 4.78 is 5.41. The summed E-state index contributed by atoms with van der Waals surface area (Å²) in [4.78, 5) is 23.5. The largest absolute Gasteiger partial charge is 0.493 e. The first-order valence-electron chi connectivity index (χ1n) is 7.56. The Bertz CT molecular complexity index is 477. The minimum Gasteiger partial charge on any atom is -0.493 e. The molecular formula is C16H24N2O4. The van der Waals surface area contributed by atoms with Crippen molar-refractivity contribution in [1.82, 2.24) is 10.6 Å². The molecule has 0 aliphatic rings. The lowest BCUT2D eigenvalue weighted by Gasteiger charge is -2.10. The topological polar surface area (TPSA) is 87.7 Å². The van der Waals surface area contributed by atoms with E-state index in [2.05, 4.69) is 10.6 Å². The van der Waals surface area contributed by atoms with E-state index in [0.717, 1.165) is 0 Å². The van der Waals surface area contributed by atoms with E-state index in [1.807, 2.05) is 13.0 Å². The van der Waals surface area contributed by atoms with Gasteiger partial charge in [-0.25, -0.2) is 0 Å². The van der Waals surface area contributed by atoms with Crippen LogP contribution in [-0.2, 0) is 4.79 Å². The van der Waals surface area contributed by atoms with Gasteiger partial charge < -0.3 is 20.5 Å². The summed E-state index contributed by atoms with van der Waals surface area (Å²) in [7, 11) is 0. The maximum atomic E-state index is 12.1. The molecule has 1 rings (SSSR count). The molecule has 0 unspecified atom stereocenters. The molecule has 1 aromatic carbocycles. The Morgan fingerprint density at radius 3 is 2.59 bits per heavy atom. The number of benzene rings is 1. The number of rotatable bonds is 10. The average molecular weight is 308 g/mol. The SMILES string of the molecule is CCOc1ccccc1C(=O)NCCCC(=O)NCCCO.